The molecule has 1 aromatic carbocycles. The summed E-state index contributed by atoms with van der Waals surface area (Å²) in [5.41, 5.74) is 0.193. The van der Waals surface area contributed by atoms with Gasteiger partial charge in [0.15, 0.2) is 5.82 Å². The summed E-state index contributed by atoms with van der Waals surface area (Å²) >= 11 is 6.62. The minimum atomic E-state index is -0.781. The van der Waals surface area contributed by atoms with Crippen molar-refractivity contribution < 1.29 is 9.18 Å². The van der Waals surface area contributed by atoms with Crippen molar-refractivity contribution in [3.8, 4) is 0 Å². The van der Waals surface area contributed by atoms with E-state index >= 15 is 0 Å². The van der Waals surface area contributed by atoms with Crippen LogP contribution in [-0.4, -0.2) is 11.0 Å². The Morgan fingerprint density at radius 3 is 2.93 bits per heavy atom. The average Bonchev–Trinajstić information content (AvgIpc) is 2.20. The number of benzene rings is 1. The molecule has 0 heterocycles. The minimum absolute atomic E-state index is 0.0984. The molecular formula is C10H11ClFNOS. The monoisotopic (exact) mass is 247 g/mol. The lowest BCUT2D eigenvalue weighted by atomic mass is 10.2. The highest BCUT2D eigenvalue weighted by atomic mass is 35.5. The van der Waals surface area contributed by atoms with Crippen molar-refractivity contribution in [2.75, 3.05) is 10.5 Å². The van der Waals surface area contributed by atoms with Crippen LogP contribution in [0.15, 0.2) is 18.2 Å². The smallest absolute Gasteiger partial charge is 0.255 e. The molecule has 82 valence electrons. The molecule has 0 aliphatic rings. The van der Waals surface area contributed by atoms with Crippen LogP contribution in [0.5, 0.6) is 0 Å². The van der Waals surface area contributed by atoms with Gasteiger partial charge in [-0.15, -0.1) is 0 Å². The van der Waals surface area contributed by atoms with Crippen molar-refractivity contribution in [3.05, 3.63) is 29.6 Å². The maximum atomic E-state index is 13.6. The molecule has 0 radical (unpaired) electrons. The quantitative estimate of drug-likeness (QED) is 0.489. The molecule has 15 heavy (non-hydrogen) atoms. The molecule has 1 N–H and O–H groups in total. The fourth-order valence-corrected chi connectivity index (χ4v) is 1.76. The Balaban J connectivity index is 2.80. The molecule has 1 aromatic rings. The summed E-state index contributed by atoms with van der Waals surface area (Å²) < 4.78 is 16.4. The number of anilines is 1. The van der Waals surface area contributed by atoms with Crippen molar-refractivity contribution in [1.82, 2.24) is 0 Å². The second-order valence-corrected chi connectivity index (χ2v) is 4.14. The SMILES string of the molecule is CCCSNc1cccc(C(=O)Cl)c1F. The average molecular weight is 248 g/mol. The highest BCUT2D eigenvalue weighted by molar-refractivity contribution is 8.00. The molecule has 5 heteroatoms. The zero-order chi connectivity index (χ0) is 11.3. The Hall–Kier alpha value is -0.740. The summed E-state index contributed by atoms with van der Waals surface area (Å²) in [4.78, 5) is 10.8. The first-order valence-corrected chi connectivity index (χ1v) is 5.89. The number of hydrogen-bond acceptors (Lipinski definition) is 3. The Morgan fingerprint density at radius 2 is 2.33 bits per heavy atom. The van der Waals surface area contributed by atoms with Gasteiger partial charge >= 0.3 is 0 Å². The van der Waals surface area contributed by atoms with Gasteiger partial charge in [-0.3, -0.25) is 4.79 Å². The van der Waals surface area contributed by atoms with Crippen molar-refractivity contribution in [3.63, 3.8) is 0 Å². The zero-order valence-corrected chi connectivity index (χ0v) is 9.79. The van der Waals surface area contributed by atoms with Gasteiger partial charge in [-0.2, -0.15) is 0 Å². The van der Waals surface area contributed by atoms with E-state index in [9.17, 15) is 9.18 Å². The first-order valence-electron chi connectivity index (χ1n) is 4.53. The van der Waals surface area contributed by atoms with Crippen molar-refractivity contribution >= 4 is 34.5 Å². The predicted octanol–water partition coefficient (Wildman–Crippen LogP) is 3.67. The lowest BCUT2D eigenvalue weighted by molar-refractivity contribution is 0.107. The van der Waals surface area contributed by atoms with Gasteiger partial charge in [0, 0.05) is 5.75 Å². The summed E-state index contributed by atoms with van der Waals surface area (Å²) in [5, 5.41) is -0.781. The third kappa shape index (κ3) is 3.39. The number of nitrogens with one attached hydrogen (secondary N) is 1. The maximum absolute atomic E-state index is 13.6. The first kappa shape index (κ1) is 12.3. The predicted molar refractivity (Wildman–Crippen MR) is 63.0 cm³/mol. The number of carbonyl (C=O) groups excluding carboxylic acids is 1. The maximum Gasteiger partial charge on any atom is 0.255 e. The van der Waals surface area contributed by atoms with Crippen molar-refractivity contribution in [2.45, 2.75) is 13.3 Å². The Morgan fingerprint density at radius 1 is 1.60 bits per heavy atom. The Labute approximate surface area is 97.3 Å². The van der Waals surface area contributed by atoms with E-state index in [4.69, 9.17) is 11.6 Å². The van der Waals surface area contributed by atoms with Gasteiger partial charge < -0.3 is 4.72 Å². The van der Waals surface area contributed by atoms with Gasteiger partial charge in [0.1, 0.15) is 0 Å². The molecule has 1 rings (SSSR count). The third-order valence-electron chi connectivity index (χ3n) is 1.70. The van der Waals surface area contributed by atoms with Crippen LogP contribution in [0.1, 0.15) is 23.7 Å². The lowest BCUT2D eigenvalue weighted by Crippen LogP contribution is -1.99. The van der Waals surface area contributed by atoms with E-state index in [1.54, 1.807) is 12.1 Å². The summed E-state index contributed by atoms with van der Waals surface area (Å²) in [6, 6.07) is 4.52. The number of halogens is 2. The summed E-state index contributed by atoms with van der Waals surface area (Å²) in [7, 11) is 0. The molecule has 0 bridgehead atoms. The van der Waals surface area contributed by atoms with E-state index in [1.165, 1.54) is 18.0 Å². The summed E-state index contributed by atoms with van der Waals surface area (Å²) in [6.45, 7) is 2.03. The van der Waals surface area contributed by atoms with Gasteiger partial charge in [-0.1, -0.05) is 24.9 Å². The van der Waals surface area contributed by atoms with Crippen LogP contribution in [0, 0.1) is 5.82 Å². The van der Waals surface area contributed by atoms with E-state index in [0.29, 0.717) is 5.69 Å². The largest absolute Gasteiger partial charge is 0.327 e. The molecule has 0 aliphatic heterocycles. The lowest BCUT2D eigenvalue weighted by Gasteiger charge is -2.07. The topological polar surface area (TPSA) is 29.1 Å². The van der Waals surface area contributed by atoms with Crippen LogP contribution in [0.25, 0.3) is 0 Å². The Kier molecular flexibility index (Phi) is 4.91. The fourth-order valence-electron chi connectivity index (χ4n) is 0.993. The van der Waals surface area contributed by atoms with Crippen molar-refractivity contribution in [2.24, 2.45) is 0 Å². The van der Waals surface area contributed by atoms with Crippen LogP contribution in [0.3, 0.4) is 0 Å². The molecular weight excluding hydrogens is 237 g/mol. The van der Waals surface area contributed by atoms with E-state index in [-0.39, 0.29) is 5.56 Å². The van der Waals surface area contributed by atoms with Gasteiger partial charge in [0.2, 0.25) is 0 Å². The van der Waals surface area contributed by atoms with Crippen LogP contribution in [0.4, 0.5) is 10.1 Å². The van der Waals surface area contributed by atoms with Crippen molar-refractivity contribution in [1.29, 1.82) is 0 Å². The number of carbonyl (C=O) groups is 1. The fraction of sp³-hybridized carbons (Fsp3) is 0.300. The minimum Gasteiger partial charge on any atom is -0.327 e. The van der Waals surface area contributed by atoms with Crippen LogP contribution < -0.4 is 4.72 Å². The van der Waals surface area contributed by atoms with Gasteiger partial charge in [0.05, 0.1) is 11.3 Å². The number of rotatable bonds is 5. The molecule has 0 atom stereocenters. The molecule has 0 saturated carbocycles. The van der Waals surface area contributed by atoms with E-state index in [2.05, 4.69) is 4.72 Å². The van der Waals surface area contributed by atoms with E-state index in [1.807, 2.05) is 6.92 Å². The molecule has 2 nitrogen and oxygen atoms in total. The molecule has 0 saturated heterocycles. The van der Waals surface area contributed by atoms with E-state index in [0.717, 1.165) is 12.2 Å². The van der Waals surface area contributed by atoms with Gasteiger partial charge in [-0.05, 0) is 30.2 Å². The highest BCUT2D eigenvalue weighted by Gasteiger charge is 2.12. The molecule has 0 aromatic heterocycles. The standard InChI is InChI=1S/C10H11ClFNOS/c1-2-6-15-13-8-5-3-4-7(9(8)12)10(11)14/h3-5,13H,2,6H2,1H3. The third-order valence-corrected chi connectivity index (χ3v) is 2.88. The van der Waals surface area contributed by atoms with Crippen LogP contribution in [-0.2, 0) is 0 Å². The summed E-state index contributed by atoms with van der Waals surface area (Å²) in [6.07, 6.45) is 0.993. The second kappa shape index (κ2) is 5.98. The van der Waals surface area contributed by atoms with E-state index < -0.39 is 11.1 Å². The number of hydrogen-bond donors (Lipinski definition) is 1. The molecule has 0 spiro atoms. The molecule has 0 fully saturated rings. The normalized spacial score (nSPS) is 10.1. The van der Waals surface area contributed by atoms with Gasteiger partial charge in [0.25, 0.3) is 5.24 Å². The summed E-state index contributed by atoms with van der Waals surface area (Å²) in [5.74, 6) is 0.277. The van der Waals surface area contributed by atoms with Gasteiger partial charge in [-0.25, -0.2) is 4.39 Å². The zero-order valence-electron chi connectivity index (χ0n) is 8.22. The molecule has 0 aliphatic carbocycles. The first-order chi connectivity index (χ1) is 7.16. The van der Waals surface area contributed by atoms with Crippen LogP contribution >= 0.6 is 23.5 Å². The highest BCUT2D eigenvalue weighted by Crippen LogP contribution is 2.22. The van der Waals surface area contributed by atoms with Crippen LogP contribution in [0.2, 0.25) is 0 Å². The molecule has 0 unspecified atom stereocenters. The Bertz CT molecular complexity index is 359. The molecule has 0 amide bonds. The second-order valence-electron chi connectivity index (χ2n) is 2.89.